The molecule has 0 radical (unpaired) electrons. The topological polar surface area (TPSA) is 29.5 Å². The first-order valence-electron chi connectivity index (χ1n) is 7.98. The minimum atomic E-state index is -0.310. The van der Waals surface area contributed by atoms with Gasteiger partial charge in [-0.3, -0.25) is 9.63 Å². The summed E-state index contributed by atoms with van der Waals surface area (Å²) < 4.78 is 14.3. The summed E-state index contributed by atoms with van der Waals surface area (Å²) in [5.41, 5.74) is 1.48. The van der Waals surface area contributed by atoms with Crippen molar-refractivity contribution in [2.24, 2.45) is 0 Å². The van der Waals surface area contributed by atoms with E-state index in [1.54, 1.807) is 18.2 Å². The molecule has 1 heterocycles. The van der Waals surface area contributed by atoms with Crippen LogP contribution in [0, 0.1) is 5.82 Å². The van der Waals surface area contributed by atoms with Crippen LogP contribution < -0.4 is 0 Å². The first kappa shape index (κ1) is 15.7. The van der Waals surface area contributed by atoms with Crippen molar-refractivity contribution in [3.8, 4) is 0 Å². The lowest BCUT2D eigenvalue weighted by Crippen LogP contribution is -2.36. The Kier molecular flexibility index (Phi) is 5.03. The lowest BCUT2D eigenvalue weighted by molar-refractivity contribution is -0.197. The van der Waals surface area contributed by atoms with Gasteiger partial charge in [0.2, 0.25) is 5.91 Å². The lowest BCUT2D eigenvalue weighted by Gasteiger charge is -2.28. The first-order valence-corrected chi connectivity index (χ1v) is 7.98. The van der Waals surface area contributed by atoms with Crippen LogP contribution in [0.25, 0.3) is 0 Å². The van der Waals surface area contributed by atoms with E-state index in [-0.39, 0.29) is 24.1 Å². The van der Waals surface area contributed by atoms with E-state index >= 15 is 0 Å². The Morgan fingerprint density at radius 2 is 1.83 bits per heavy atom. The fourth-order valence-corrected chi connectivity index (χ4v) is 2.92. The number of halogens is 1. The molecule has 0 bridgehead atoms. The number of hydroxylamine groups is 2. The van der Waals surface area contributed by atoms with Gasteiger partial charge in [0.05, 0.1) is 6.61 Å². The predicted octanol–water partition coefficient (Wildman–Crippen LogP) is 3.90. The summed E-state index contributed by atoms with van der Waals surface area (Å²) >= 11 is 0. The molecule has 0 aromatic heterocycles. The molecule has 0 N–H and O–H groups in total. The van der Waals surface area contributed by atoms with E-state index in [0.717, 1.165) is 18.4 Å². The second-order valence-corrected chi connectivity index (χ2v) is 5.73. The van der Waals surface area contributed by atoms with Gasteiger partial charge in [-0.1, -0.05) is 48.5 Å². The number of rotatable bonds is 4. The highest BCUT2D eigenvalue weighted by Crippen LogP contribution is 2.30. The van der Waals surface area contributed by atoms with E-state index < -0.39 is 0 Å². The number of nitrogens with zero attached hydrogens (tertiary/aromatic N) is 1. The van der Waals surface area contributed by atoms with Crippen LogP contribution in [0.4, 0.5) is 4.39 Å². The molecule has 1 amide bonds. The van der Waals surface area contributed by atoms with Gasteiger partial charge < -0.3 is 0 Å². The van der Waals surface area contributed by atoms with Gasteiger partial charge in [-0.05, 0) is 30.0 Å². The molecule has 1 aliphatic rings. The Hall–Kier alpha value is -2.20. The van der Waals surface area contributed by atoms with Gasteiger partial charge in [0, 0.05) is 18.9 Å². The third-order valence-electron chi connectivity index (χ3n) is 4.14. The zero-order valence-electron chi connectivity index (χ0n) is 13.0. The monoisotopic (exact) mass is 313 g/mol. The van der Waals surface area contributed by atoms with Gasteiger partial charge in [0.1, 0.15) is 5.82 Å². The van der Waals surface area contributed by atoms with Crippen molar-refractivity contribution in [1.82, 2.24) is 5.06 Å². The average molecular weight is 313 g/mol. The number of carbonyl (C=O) groups is 1. The molecule has 0 spiro atoms. The minimum absolute atomic E-state index is 0.0955. The van der Waals surface area contributed by atoms with Crippen LogP contribution in [0.5, 0.6) is 0 Å². The van der Waals surface area contributed by atoms with Crippen molar-refractivity contribution in [3.63, 3.8) is 0 Å². The number of amides is 1. The second kappa shape index (κ2) is 7.38. The Balaban J connectivity index is 1.87. The van der Waals surface area contributed by atoms with Crippen LogP contribution in [0.15, 0.2) is 54.6 Å². The highest BCUT2D eigenvalue weighted by atomic mass is 19.1. The highest BCUT2D eigenvalue weighted by molar-refractivity contribution is 5.76. The van der Waals surface area contributed by atoms with Crippen molar-refractivity contribution in [1.29, 1.82) is 0 Å². The van der Waals surface area contributed by atoms with E-state index in [1.165, 1.54) is 11.1 Å². The minimum Gasteiger partial charge on any atom is -0.273 e. The maximum absolute atomic E-state index is 14.3. The fraction of sp³-hybridized carbons (Fsp3) is 0.316. The molecule has 1 saturated heterocycles. The van der Waals surface area contributed by atoms with Crippen molar-refractivity contribution in [2.75, 3.05) is 13.2 Å². The van der Waals surface area contributed by atoms with E-state index in [2.05, 4.69) is 0 Å². The molecule has 120 valence electrons. The molecule has 3 rings (SSSR count). The van der Waals surface area contributed by atoms with E-state index in [9.17, 15) is 9.18 Å². The summed E-state index contributed by atoms with van der Waals surface area (Å²) in [6.07, 6.45) is 2.12. The molecule has 2 aromatic carbocycles. The molecule has 1 fully saturated rings. The molecule has 1 aliphatic heterocycles. The Labute approximate surface area is 135 Å². The third-order valence-corrected chi connectivity index (χ3v) is 4.14. The quantitative estimate of drug-likeness (QED) is 0.856. The number of carbonyl (C=O) groups excluding carboxylic acids is 1. The Morgan fingerprint density at radius 1 is 1.09 bits per heavy atom. The van der Waals surface area contributed by atoms with Crippen molar-refractivity contribution in [3.05, 3.63) is 71.5 Å². The molecule has 1 atom stereocenters. The van der Waals surface area contributed by atoms with Gasteiger partial charge in [0.15, 0.2) is 0 Å². The van der Waals surface area contributed by atoms with Crippen LogP contribution in [-0.2, 0) is 9.63 Å². The molecule has 0 aliphatic carbocycles. The summed E-state index contributed by atoms with van der Waals surface area (Å²) in [6, 6.07) is 16.2. The molecule has 23 heavy (non-hydrogen) atoms. The SMILES string of the molecule is O=C(C[C@@H](c1ccccc1)c1ccccc1F)N1CCCCO1. The summed E-state index contributed by atoms with van der Waals surface area (Å²) in [5.74, 6) is -0.689. The van der Waals surface area contributed by atoms with Crippen LogP contribution in [0.3, 0.4) is 0 Å². The fourth-order valence-electron chi connectivity index (χ4n) is 2.92. The summed E-state index contributed by atoms with van der Waals surface area (Å²) in [4.78, 5) is 18.0. The first-order chi connectivity index (χ1) is 11.3. The van der Waals surface area contributed by atoms with Gasteiger partial charge in [-0.15, -0.1) is 0 Å². The zero-order chi connectivity index (χ0) is 16.1. The van der Waals surface area contributed by atoms with E-state index in [1.807, 2.05) is 30.3 Å². The van der Waals surface area contributed by atoms with Gasteiger partial charge in [-0.2, -0.15) is 0 Å². The standard InChI is InChI=1S/C19H20FNO2/c20-18-11-5-4-10-16(18)17(15-8-2-1-3-9-15)14-19(22)21-12-6-7-13-23-21/h1-5,8-11,17H,6-7,12-14H2/t17-/m0/s1. The average Bonchev–Trinajstić information content (AvgIpc) is 2.62. The zero-order valence-corrected chi connectivity index (χ0v) is 13.0. The van der Waals surface area contributed by atoms with E-state index in [0.29, 0.717) is 18.7 Å². The second-order valence-electron chi connectivity index (χ2n) is 5.73. The largest absolute Gasteiger partial charge is 0.273 e. The highest BCUT2D eigenvalue weighted by Gasteiger charge is 2.25. The van der Waals surface area contributed by atoms with Crippen molar-refractivity contribution in [2.45, 2.75) is 25.2 Å². The molecular formula is C19H20FNO2. The number of benzene rings is 2. The predicted molar refractivity (Wildman–Crippen MR) is 86.2 cm³/mol. The molecular weight excluding hydrogens is 293 g/mol. The van der Waals surface area contributed by atoms with Gasteiger partial charge >= 0.3 is 0 Å². The smallest absolute Gasteiger partial charge is 0.247 e. The maximum Gasteiger partial charge on any atom is 0.247 e. The van der Waals surface area contributed by atoms with Crippen LogP contribution >= 0.6 is 0 Å². The lowest BCUT2D eigenvalue weighted by atomic mass is 9.88. The summed E-state index contributed by atoms with van der Waals surface area (Å²) in [5, 5.41) is 1.43. The van der Waals surface area contributed by atoms with Crippen LogP contribution in [0.2, 0.25) is 0 Å². The van der Waals surface area contributed by atoms with Crippen LogP contribution in [0.1, 0.15) is 36.3 Å². The number of hydrogen-bond acceptors (Lipinski definition) is 2. The van der Waals surface area contributed by atoms with Gasteiger partial charge in [-0.25, -0.2) is 9.45 Å². The Bertz CT molecular complexity index is 653. The molecule has 0 saturated carbocycles. The van der Waals surface area contributed by atoms with Crippen molar-refractivity contribution >= 4 is 5.91 Å². The molecule has 0 unspecified atom stereocenters. The van der Waals surface area contributed by atoms with Gasteiger partial charge in [0.25, 0.3) is 0 Å². The maximum atomic E-state index is 14.3. The number of hydrogen-bond donors (Lipinski definition) is 0. The summed E-state index contributed by atoms with van der Waals surface area (Å²) in [6.45, 7) is 1.18. The molecule has 2 aromatic rings. The molecule has 3 nitrogen and oxygen atoms in total. The molecule has 4 heteroatoms. The Morgan fingerprint density at radius 3 is 2.52 bits per heavy atom. The van der Waals surface area contributed by atoms with E-state index in [4.69, 9.17) is 4.84 Å². The summed E-state index contributed by atoms with van der Waals surface area (Å²) in [7, 11) is 0. The van der Waals surface area contributed by atoms with Crippen molar-refractivity contribution < 1.29 is 14.0 Å². The normalized spacial score (nSPS) is 16.1. The van der Waals surface area contributed by atoms with Crippen LogP contribution in [-0.4, -0.2) is 24.1 Å². The third kappa shape index (κ3) is 3.77.